The lowest BCUT2D eigenvalue weighted by Crippen LogP contribution is -2.32. The number of rotatable bonds is 7. The molecule has 1 aromatic carbocycles. The van der Waals surface area contributed by atoms with Crippen molar-refractivity contribution in [3.8, 4) is 22.0 Å². The summed E-state index contributed by atoms with van der Waals surface area (Å²) in [5.74, 6) is -0.0734. The minimum absolute atomic E-state index is 0.0734. The zero-order valence-corrected chi connectivity index (χ0v) is 20.6. The molecule has 1 aliphatic heterocycles. The predicted octanol–water partition coefficient (Wildman–Crippen LogP) is 6.26. The van der Waals surface area contributed by atoms with Crippen LogP contribution in [-0.4, -0.2) is 34.7 Å². The van der Waals surface area contributed by atoms with E-state index >= 15 is 0 Å². The van der Waals surface area contributed by atoms with E-state index in [9.17, 15) is 4.79 Å². The molecule has 0 saturated carbocycles. The van der Waals surface area contributed by atoms with E-state index in [1.54, 1.807) is 22.7 Å². The van der Waals surface area contributed by atoms with Crippen LogP contribution in [0.3, 0.4) is 0 Å². The van der Waals surface area contributed by atoms with Crippen molar-refractivity contribution in [3.05, 3.63) is 74.4 Å². The Bertz CT molecular complexity index is 1260. The smallest absolute Gasteiger partial charge is 0.253 e. The van der Waals surface area contributed by atoms with E-state index < -0.39 is 0 Å². The Morgan fingerprint density at radius 2 is 2.15 bits per heavy atom. The lowest BCUT2D eigenvalue weighted by atomic mass is 10.2. The summed E-state index contributed by atoms with van der Waals surface area (Å²) in [6.07, 6.45) is 2.16. The maximum atomic E-state index is 13.1. The number of carbonyl (C=O) groups excluding carboxylic acids is 1. The summed E-state index contributed by atoms with van der Waals surface area (Å²) in [6, 6.07) is 13.8. The second-order valence-corrected chi connectivity index (χ2v) is 10.4. The van der Waals surface area contributed by atoms with Crippen molar-refractivity contribution in [2.75, 3.05) is 13.2 Å². The van der Waals surface area contributed by atoms with E-state index in [0.29, 0.717) is 23.7 Å². The van der Waals surface area contributed by atoms with Gasteiger partial charge in [0.25, 0.3) is 5.91 Å². The van der Waals surface area contributed by atoms with Gasteiger partial charge in [-0.2, -0.15) is 0 Å². The van der Waals surface area contributed by atoms with Gasteiger partial charge in [-0.3, -0.25) is 4.79 Å². The highest BCUT2D eigenvalue weighted by Gasteiger charge is 2.23. The van der Waals surface area contributed by atoms with Crippen LogP contribution >= 0.6 is 34.3 Å². The van der Waals surface area contributed by atoms with Crippen molar-refractivity contribution in [1.82, 2.24) is 14.9 Å². The first kappa shape index (κ1) is 22.3. The summed E-state index contributed by atoms with van der Waals surface area (Å²) in [5, 5.41) is 8.71. The molecule has 0 radical (unpaired) electrons. The number of benzene rings is 1. The van der Waals surface area contributed by atoms with Crippen LogP contribution < -0.4 is 5.32 Å². The van der Waals surface area contributed by atoms with Gasteiger partial charge in [-0.15, -0.1) is 22.7 Å². The van der Waals surface area contributed by atoms with Gasteiger partial charge < -0.3 is 14.6 Å². The number of aromatic nitrogens is 2. The lowest BCUT2D eigenvalue weighted by Gasteiger charge is -2.12. The molecule has 0 aliphatic carbocycles. The summed E-state index contributed by atoms with van der Waals surface area (Å²) in [4.78, 5) is 19.2. The molecule has 5 rings (SSSR count). The van der Waals surface area contributed by atoms with Crippen LogP contribution in [0.2, 0.25) is 5.02 Å². The Morgan fingerprint density at radius 1 is 1.27 bits per heavy atom. The number of amides is 1. The number of thiazole rings is 1. The first-order chi connectivity index (χ1) is 16.1. The Kier molecular flexibility index (Phi) is 6.64. The number of ether oxygens (including phenoxy) is 1. The molecule has 1 fully saturated rings. The van der Waals surface area contributed by atoms with Gasteiger partial charge in [0.1, 0.15) is 5.01 Å². The number of nitrogens with zero attached hydrogens (tertiary/aromatic N) is 2. The number of carbonyl (C=O) groups is 1. The number of hydrogen-bond donors (Lipinski definition) is 1. The molecule has 4 heterocycles. The first-order valence-electron chi connectivity index (χ1n) is 10.9. The normalized spacial score (nSPS) is 15.8. The van der Waals surface area contributed by atoms with E-state index in [1.165, 1.54) is 4.88 Å². The quantitative estimate of drug-likeness (QED) is 0.328. The summed E-state index contributed by atoms with van der Waals surface area (Å²) < 4.78 is 7.83. The standard InChI is InChI=1S/C25H24ClN3O2S2/c1-16-20(24(30)27-13-17-6-4-10-31-17)12-23(29(16)14-18-7-5-11-32-18)22-15-33-25(28-22)19-8-2-3-9-21(19)26/h2-3,5,7-9,11-12,15,17H,4,6,10,13-14H2,1H3,(H,27,30). The van der Waals surface area contributed by atoms with Crippen molar-refractivity contribution >= 4 is 40.2 Å². The van der Waals surface area contributed by atoms with Gasteiger partial charge >= 0.3 is 0 Å². The van der Waals surface area contributed by atoms with E-state index in [2.05, 4.69) is 21.3 Å². The Balaban J connectivity index is 1.48. The fourth-order valence-corrected chi connectivity index (χ4v) is 5.93. The number of hydrogen-bond acceptors (Lipinski definition) is 5. The van der Waals surface area contributed by atoms with Gasteiger partial charge in [0.2, 0.25) is 0 Å². The summed E-state index contributed by atoms with van der Waals surface area (Å²) in [6.45, 7) is 4.01. The maximum Gasteiger partial charge on any atom is 0.253 e. The van der Waals surface area contributed by atoms with Crippen molar-refractivity contribution in [2.24, 2.45) is 0 Å². The zero-order chi connectivity index (χ0) is 22.8. The number of halogens is 1. The van der Waals surface area contributed by atoms with Crippen LogP contribution in [0.4, 0.5) is 0 Å². The first-order valence-corrected chi connectivity index (χ1v) is 13.1. The van der Waals surface area contributed by atoms with Crippen LogP contribution in [-0.2, 0) is 11.3 Å². The lowest BCUT2D eigenvalue weighted by molar-refractivity contribution is 0.0857. The van der Waals surface area contributed by atoms with Crippen LogP contribution in [0.1, 0.15) is 33.8 Å². The monoisotopic (exact) mass is 497 g/mol. The fourth-order valence-electron chi connectivity index (χ4n) is 4.11. The van der Waals surface area contributed by atoms with Gasteiger partial charge in [0.15, 0.2) is 0 Å². The third-order valence-electron chi connectivity index (χ3n) is 5.89. The summed E-state index contributed by atoms with van der Waals surface area (Å²) in [5.41, 5.74) is 4.28. The van der Waals surface area contributed by atoms with Crippen molar-refractivity contribution in [2.45, 2.75) is 32.4 Å². The molecule has 5 nitrogen and oxygen atoms in total. The van der Waals surface area contributed by atoms with Crippen molar-refractivity contribution in [3.63, 3.8) is 0 Å². The third kappa shape index (κ3) is 4.77. The summed E-state index contributed by atoms with van der Waals surface area (Å²) in [7, 11) is 0. The average molecular weight is 498 g/mol. The molecule has 1 atom stereocenters. The molecule has 0 bridgehead atoms. The molecule has 3 aromatic heterocycles. The highest BCUT2D eigenvalue weighted by Crippen LogP contribution is 2.35. The molecular weight excluding hydrogens is 474 g/mol. The van der Waals surface area contributed by atoms with E-state index in [4.69, 9.17) is 21.3 Å². The molecule has 8 heteroatoms. The van der Waals surface area contributed by atoms with E-state index in [0.717, 1.165) is 47.1 Å². The van der Waals surface area contributed by atoms with Gasteiger partial charge in [0, 0.05) is 34.7 Å². The number of thiophene rings is 1. The molecule has 0 spiro atoms. The molecule has 33 heavy (non-hydrogen) atoms. The molecule has 4 aromatic rings. The van der Waals surface area contributed by atoms with E-state index in [1.807, 2.05) is 48.7 Å². The second kappa shape index (κ2) is 9.81. The minimum atomic E-state index is -0.0734. The Hall–Kier alpha value is -2.45. The van der Waals surface area contributed by atoms with Gasteiger partial charge in [-0.1, -0.05) is 35.9 Å². The van der Waals surface area contributed by atoms with Gasteiger partial charge in [-0.25, -0.2) is 4.98 Å². The molecule has 1 aliphatic rings. The molecular formula is C25H24ClN3O2S2. The topological polar surface area (TPSA) is 56.1 Å². The predicted molar refractivity (Wildman–Crippen MR) is 135 cm³/mol. The van der Waals surface area contributed by atoms with Crippen LogP contribution in [0.25, 0.3) is 22.0 Å². The average Bonchev–Trinajstić information content (AvgIpc) is 3.62. The highest BCUT2D eigenvalue weighted by molar-refractivity contribution is 7.13. The second-order valence-electron chi connectivity index (χ2n) is 8.06. The molecule has 170 valence electrons. The largest absolute Gasteiger partial charge is 0.376 e. The summed E-state index contributed by atoms with van der Waals surface area (Å²) >= 11 is 9.66. The fraction of sp³-hybridized carbons (Fsp3) is 0.280. The number of nitrogens with one attached hydrogen (secondary N) is 1. The molecule has 1 saturated heterocycles. The minimum Gasteiger partial charge on any atom is -0.376 e. The third-order valence-corrected chi connectivity index (χ3v) is 7.96. The SMILES string of the molecule is Cc1c(C(=O)NCC2CCCO2)cc(-c2csc(-c3ccccc3Cl)n2)n1Cc1cccs1. The Morgan fingerprint density at radius 3 is 2.91 bits per heavy atom. The van der Waals surface area contributed by atoms with Crippen LogP contribution in [0.15, 0.2) is 53.2 Å². The molecule has 1 N–H and O–H groups in total. The van der Waals surface area contributed by atoms with Crippen LogP contribution in [0.5, 0.6) is 0 Å². The highest BCUT2D eigenvalue weighted by atomic mass is 35.5. The van der Waals surface area contributed by atoms with E-state index in [-0.39, 0.29) is 12.0 Å². The van der Waals surface area contributed by atoms with Gasteiger partial charge in [-0.05, 0) is 43.3 Å². The molecule has 1 unspecified atom stereocenters. The Labute approximate surface area is 206 Å². The van der Waals surface area contributed by atoms with Crippen molar-refractivity contribution < 1.29 is 9.53 Å². The van der Waals surface area contributed by atoms with Gasteiger partial charge in [0.05, 0.1) is 34.6 Å². The van der Waals surface area contributed by atoms with Crippen molar-refractivity contribution in [1.29, 1.82) is 0 Å². The zero-order valence-electron chi connectivity index (χ0n) is 18.2. The van der Waals surface area contributed by atoms with Crippen LogP contribution in [0, 0.1) is 6.92 Å². The maximum absolute atomic E-state index is 13.1. The molecule has 1 amide bonds.